The van der Waals surface area contributed by atoms with Gasteiger partial charge in [-0.15, -0.1) is 0 Å². The number of rotatable bonds is 6. The molecule has 1 saturated heterocycles. The lowest BCUT2D eigenvalue weighted by Crippen LogP contribution is -2.47. The van der Waals surface area contributed by atoms with E-state index < -0.39 is 0 Å². The number of benzene rings is 2. The summed E-state index contributed by atoms with van der Waals surface area (Å²) in [5.74, 6) is 1.55. The fraction of sp³-hybridized carbons (Fsp3) is 0.400. The largest absolute Gasteiger partial charge is 0.477 e. The Bertz CT molecular complexity index is 1160. The zero-order chi connectivity index (χ0) is 21.5. The second-order valence-electron chi connectivity index (χ2n) is 8.86. The van der Waals surface area contributed by atoms with Gasteiger partial charge in [-0.25, -0.2) is 9.78 Å². The van der Waals surface area contributed by atoms with Crippen LogP contribution in [0.4, 0.5) is 10.5 Å². The second-order valence-corrected chi connectivity index (χ2v) is 8.86. The molecule has 2 aliphatic heterocycles. The Kier molecular flexibility index (Phi) is 4.91. The molecule has 0 bridgehead atoms. The van der Waals surface area contributed by atoms with E-state index in [4.69, 9.17) is 19.4 Å². The van der Waals surface area contributed by atoms with Gasteiger partial charge in [-0.1, -0.05) is 30.3 Å². The predicted molar refractivity (Wildman–Crippen MR) is 121 cm³/mol. The minimum absolute atomic E-state index is 0.0357. The van der Waals surface area contributed by atoms with Crippen LogP contribution < -0.4 is 9.64 Å². The summed E-state index contributed by atoms with van der Waals surface area (Å²) in [7, 11) is 0. The summed E-state index contributed by atoms with van der Waals surface area (Å²) in [6, 6.07) is 16.4. The van der Waals surface area contributed by atoms with Crippen LogP contribution in [-0.2, 0) is 17.8 Å². The Morgan fingerprint density at radius 1 is 1.03 bits per heavy atom. The summed E-state index contributed by atoms with van der Waals surface area (Å²) >= 11 is 0. The number of hydrogen-bond donors (Lipinski definition) is 0. The highest BCUT2D eigenvalue weighted by molar-refractivity contribution is 5.95. The van der Waals surface area contributed by atoms with Crippen LogP contribution in [0.25, 0.3) is 10.9 Å². The number of carbonyl (C=O) groups excluding carboxylic acids is 1. The van der Waals surface area contributed by atoms with Crippen molar-refractivity contribution in [2.75, 3.05) is 24.7 Å². The van der Waals surface area contributed by atoms with Crippen LogP contribution in [0.5, 0.6) is 5.88 Å². The standard InChI is InChI=1S/C25H26N4O3/c30-25-28(19-9-10-19)13-18-5-1-4-8-22(18)29(25)14-23-26-21-7-3-2-6-20(21)24(27-23)32-16-17-11-12-31-15-17/h1-8,17,19H,9-16H2. The molecule has 1 aromatic heterocycles. The molecule has 32 heavy (non-hydrogen) atoms. The van der Waals surface area contributed by atoms with Crippen molar-refractivity contribution in [2.24, 2.45) is 5.92 Å². The average Bonchev–Trinajstić information content (AvgIpc) is 3.53. The van der Waals surface area contributed by atoms with Crippen LogP contribution in [0.1, 0.15) is 30.7 Å². The van der Waals surface area contributed by atoms with Crippen molar-refractivity contribution < 1.29 is 14.3 Å². The van der Waals surface area contributed by atoms with Gasteiger partial charge in [0.2, 0.25) is 5.88 Å². The highest BCUT2D eigenvalue weighted by Gasteiger charge is 2.39. The van der Waals surface area contributed by atoms with Crippen LogP contribution in [-0.4, -0.2) is 46.8 Å². The van der Waals surface area contributed by atoms with Gasteiger partial charge in [-0.05, 0) is 43.0 Å². The van der Waals surface area contributed by atoms with Gasteiger partial charge in [0.25, 0.3) is 0 Å². The van der Waals surface area contributed by atoms with Crippen LogP contribution in [0.2, 0.25) is 0 Å². The Balaban J connectivity index is 1.33. The molecule has 1 saturated carbocycles. The van der Waals surface area contributed by atoms with Crippen molar-refractivity contribution >= 4 is 22.6 Å². The Labute approximate surface area is 187 Å². The first-order chi connectivity index (χ1) is 15.8. The maximum atomic E-state index is 13.4. The second kappa shape index (κ2) is 8.06. The van der Waals surface area contributed by atoms with E-state index >= 15 is 0 Å². The molecule has 0 radical (unpaired) electrons. The molecule has 6 rings (SSSR count). The molecule has 1 unspecified atom stereocenters. The molecule has 2 fully saturated rings. The van der Waals surface area contributed by atoms with Gasteiger partial charge < -0.3 is 14.4 Å². The molecule has 164 valence electrons. The number of amides is 2. The fourth-order valence-electron chi connectivity index (χ4n) is 4.57. The Morgan fingerprint density at radius 3 is 2.72 bits per heavy atom. The first kappa shape index (κ1) is 19.5. The molecule has 3 aliphatic rings. The molecule has 3 aromatic rings. The average molecular weight is 431 g/mol. The summed E-state index contributed by atoms with van der Waals surface area (Å²) in [5.41, 5.74) is 2.93. The summed E-state index contributed by atoms with van der Waals surface area (Å²) in [6.07, 6.45) is 3.17. The lowest BCUT2D eigenvalue weighted by molar-refractivity contribution is 0.166. The van der Waals surface area contributed by atoms with Crippen molar-refractivity contribution in [1.82, 2.24) is 14.9 Å². The maximum Gasteiger partial charge on any atom is 0.325 e. The Morgan fingerprint density at radius 2 is 1.88 bits per heavy atom. The predicted octanol–water partition coefficient (Wildman–Crippen LogP) is 4.15. The monoisotopic (exact) mass is 430 g/mol. The van der Waals surface area contributed by atoms with Crippen molar-refractivity contribution in [2.45, 2.75) is 38.4 Å². The van der Waals surface area contributed by atoms with Crippen molar-refractivity contribution in [3.63, 3.8) is 0 Å². The molecular weight excluding hydrogens is 404 g/mol. The molecule has 1 aliphatic carbocycles. The summed E-state index contributed by atoms with van der Waals surface area (Å²) in [6.45, 7) is 3.07. The van der Waals surface area contributed by atoms with Crippen molar-refractivity contribution in [3.05, 3.63) is 59.9 Å². The lowest BCUT2D eigenvalue weighted by atomic mass is 10.1. The normalized spacial score (nSPS) is 20.6. The van der Waals surface area contributed by atoms with Gasteiger partial charge in [-0.3, -0.25) is 4.90 Å². The number of aromatic nitrogens is 2. The van der Waals surface area contributed by atoms with Gasteiger partial charge in [0.05, 0.1) is 36.3 Å². The van der Waals surface area contributed by atoms with Gasteiger partial charge in [-0.2, -0.15) is 4.98 Å². The smallest absolute Gasteiger partial charge is 0.325 e. The highest BCUT2D eigenvalue weighted by Crippen LogP contribution is 2.37. The third-order valence-corrected chi connectivity index (χ3v) is 6.48. The number of urea groups is 1. The van der Waals surface area contributed by atoms with E-state index in [1.54, 1.807) is 0 Å². The van der Waals surface area contributed by atoms with Crippen LogP contribution in [0, 0.1) is 5.92 Å². The third-order valence-electron chi connectivity index (χ3n) is 6.48. The van der Waals surface area contributed by atoms with Crippen LogP contribution >= 0.6 is 0 Å². The van der Waals surface area contributed by atoms with E-state index in [1.807, 2.05) is 52.3 Å². The number of nitrogens with zero attached hydrogens (tertiary/aromatic N) is 4. The zero-order valence-corrected chi connectivity index (χ0v) is 17.9. The number of para-hydroxylation sites is 2. The van der Waals surface area contributed by atoms with E-state index in [0.717, 1.165) is 54.6 Å². The van der Waals surface area contributed by atoms with E-state index in [-0.39, 0.29) is 6.03 Å². The molecule has 3 heterocycles. The number of fused-ring (bicyclic) bond motifs is 2. The van der Waals surface area contributed by atoms with Crippen molar-refractivity contribution in [3.8, 4) is 5.88 Å². The van der Waals surface area contributed by atoms with Crippen LogP contribution in [0.15, 0.2) is 48.5 Å². The van der Waals surface area contributed by atoms with Gasteiger partial charge in [0.15, 0.2) is 5.82 Å². The summed E-state index contributed by atoms with van der Waals surface area (Å²) in [5, 5.41) is 0.889. The highest BCUT2D eigenvalue weighted by atomic mass is 16.5. The minimum atomic E-state index is 0.0357. The molecule has 2 aromatic carbocycles. The van der Waals surface area contributed by atoms with Crippen molar-refractivity contribution in [1.29, 1.82) is 0 Å². The van der Waals surface area contributed by atoms with Gasteiger partial charge in [0.1, 0.15) is 0 Å². The lowest BCUT2D eigenvalue weighted by Gasteiger charge is -2.37. The molecule has 7 nitrogen and oxygen atoms in total. The molecule has 0 N–H and O–H groups in total. The summed E-state index contributed by atoms with van der Waals surface area (Å²) in [4.78, 5) is 26.7. The zero-order valence-electron chi connectivity index (χ0n) is 17.9. The van der Waals surface area contributed by atoms with Gasteiger partial charge >= 0.3 is 6.03 Å². The molecule has 0 spiro atoms. The number of carbonyl (C=O) groups is 1. The minimum Gasteiger partial charge on any atom is -0.477 e. The van der Waals surface area contributed by atoms with Gasteiger partial charge in [0, 0.05) is 25.1 Å². The summed E-state index contributed by atoms with van der Waals surface area (Å²) < 4.78 is 11.6. The topological polar surface area (TPSA) is 67.8 Å². The molecule has 2 amide bonds. The van der Waals surface area contributed by atoms with E-state index in [1.165, 1.54) is 0 Å². The van der Waals surface area contributed by atoms with E-state index in [2.05, 4.69) is 6.07 Å². The Hall–Kier alpha value is -3.19. The van der Waals surface area contributed by atoms with E-state index in [0.29, 0.717) is 43.4 Å². The number of ether oxygens (including phenoxy) is 2. The van der Waals surface area contributed by atoms with Crippen LogP contribution in [0.3, 0.4) is 0 Å². The molecule has 1 atom stereocenters. The SMILES string of the molecule is O=C1N(Cc2nc(OCC3CCOC3)c3ccccc3n2)c2ccccc2CN1C1CC1. The fourth-order valence-corrected chi connectivity index (χ4v) is 4.57. The molecular formula is C25H26N4O3. The first-order valence-electron chi connectivity index (χ1n) is 11.4. The number of anilines is 1. The maximum absolute atomic E-state index is 13.4. The molecule has 7 heteroatoms. The van der Waals surface area contributed by atoms with E-state index in [9.17, 15) is 4.79 Å². The first-order valence-corrected chi connectivity index (χ1v) is 11.4. The quantitative estimate of drug-likeness (QED) is 0.588. The third kappa shape index (κ3) is 3.66. The number of hydrogen-bond acceptors (Lipinski definition) is 5.